The van der Waals surface area contributed by atoms with Gasteiger partial charge in [-0.3, -0.25) is 0 Å². The molecule has 15 aromatic carbocycles. The summed E-state index contributed by atoms with van der Waals surface area (Å²) in [4.78, 5) is 4.86. The van der Waals surface area contributed by atoms with Crippen molar-refractivity contribution in [1.29, 1.82) is 0 Å². The Morgan fingerprint density at radius 1 is 0.193 bits per heavy atom. The van der Waals surface area contributed by atoms with E-state index in [1.165, 1.54) is 139 Å². The smallest absolute Gasteiger partial charge is 0.0467 e. The van der Waals surface area contributed by atoms with E-state index in [9.17, 15) is 0 Å². The predicted molar refractivity (Wildman–Crippen MR) is 461 cm³/mol. The summed E-state index contributed by atoms with van der Waals surface area (Å²) in [5, 5.41) is 1.38. The van der Waals surface area contributed by atoms with Crippen molar-refractivity contribution in [3.05, 3.63) is 381 Å². The second-order valence-electron chi connectivity index (χ2n) is 33.5. The summed E-state index contributed by atoms with van der Waals surface area (Å²) in [6, 6.07) is 118. The summed E-state index contributed by atoms with van der Waals surface area (Å²) in [7, 11) is 0. The third kappa shape index (κ3) is 10.2. The highest BCUT2D eigenvalue weighted by atomic mass is 35.5. The van der Waals surface area contributed by atoms with E-state index in [0.29, 0.717) is 5.02 Å². The Balaban J connectivity index is 0.596. The van der Waals surface area contributed by atoms with Crippen LogP contribution in [0, 0.1) is 0 Å². The lowest BCUT2D eigenvalue weighted by Crippen LogP contribution is -2.17. The fourth-order valence-corrected chi connectivity index (χ4v) is 20.4. The maximum atomic E-state index is 6.99. The molecule has 109 heavy (non-hydrogen) atoms. The molecule has 0 saturated heterocycles. The van der Waals surface area contributed by atoms with E-state index >= 15 is 0 Å². The van der Waals surface area contributed by atoms with Crippen LogP contribution in [0.25, 0.3) is 111 Å². The van der Waals surface area contributed by atoms with Gasteiger partial charge in [0.15, 0.2) is 0 Å². The van der Waals surface area contributed by atoms with Gasteiger partial charge in [0.05, 0.1) is 0 Å². The molecule has 20 rings (SSSR count). The fourth-order valence-electron chi connectivity index (χ4n) is 19.7. The van der Waals surface area contributed by atoms with Crippen LogP contribution >= 0.6 is 23.2 Å². The van der Waals surface area contributed by atoms with Crippen molar-refractivity contribution in [2.24, 2.45) is 0 Å². The second-order valence-corrected chi connectivity index (χ2v) is 34.3. The average Bonchev–Trinajstić information content (AvgIpc) is 1.55. The van der Waals surface area contributed by atoms with Crippen LogP contribution in [0.2, 0.25) is 10.0 Å². The standard InChI is InChI=1S/C105H82Cl2N2/c1-101(2)89-27-16-14-24-80(89)82-52-50-77(57-92(82)101)109(76-48-40-69(41-49-76)79-26-19-29-91-99(79)88-62-95-84(60-97(88)103(91,5)6)81-25-15-17-28-90(81)102(95,3)4)74-44-36-66(37-45-74)64-30-32-67(33-31-64)70-22-18-23-71(54-70)68-38-46-75(47-39-68)108(73-42-34-65(35-43-73)63-20-12-11-13-21-63)78-51-53-83-85-59-96-86(61-94(85)104(7,8)93(83)58-78)87-55-72(106)56-98(107)100(87)105(96,9)10/h11-62H,1-10H3. The summed E-state index contributed by atoms with van der Waals surface area (Å²) < 4.78 is 0. The molecule has 5 aliphatic rings. The molecular formula is C105H82Cl2N2. The van der Waals surface area contributed by atoms with Gasteiger partial charge in [0.25, 0.3) is 0 Å². The highest BCUT2D eigenvalue weighted by Crippen LogP contribution is 2.61. The number of nitrogens with zero attached hydrogens (tertiary/aromatic N) is 2. The molecular weight excluding hydrogens is 1360 g/mol. The molecule has 0 radical (unpaired) electrons. The first kappa shape index (κ1) is 66.9. The Hall–Kier alpha value is -11.5. The quantitative estimate of drug-likeness (QED) is 0.127. The zero-order valence-corrected chi connectivity index (χ0v) is 64.7. The average molecular weight is 1440 g/mol. The lowest BCUT2D eigenvalue weighted by molar-refractivity contribution is 0.652. The Morgan fingerprint density at radius 3 is 1.01 bits per heavy atom. The molecule has 0 bridgehead atoms. The van der Waals surface area contributed by atoms with Crippen LogP contribution in [0.4, 0.5) is 34.1 Å². The number of halogens is 2. The molecule has 0 fully saturated rings. The van der Waals surface area contributed by atoms with Gasteiger partial charge in [-0.25, -0.2) is 0 Å². The first-order valence-electron chi connectivity index (χ1n) is 38.4. The Kier molecular flexibility index (Phi) is 14.9. The molecule has 0 aromatic heterocycles. The molecule has 0 heterocycles. The molecule has 4 heteroatoms. The molecule has 0 atom stereocenters. The van der Waals surface area contributed by atoms with Gasteiger partial charge in [-0.1, -0.05) is 293 Å². The van der Waals surface area contributed by atoms with Crippen molar-refractivity contribution in [1.82, 2.24) is 0 Å². The largest absolute Gasteiger partial charge is 0.310 e. The van der Waals surface area contributed by atoms with Gasteiger partial charge in [-0.05, 0) is 282 Å². The maximum absolute atomic E-state index is 6.99. The van der Waals surface area contributed by atoms with Crippen molar-refractivity contribution < 1.29 is 0 Å². The number of rotatable bonds is 11. The summed E-state index contributed by atoms with van der Waals surface area (Å²) >= 11 is 13.7. The van der Waals surface area contributed by atoms with Gasteiger partial charge < -0.3 is 9.80 Å². The lowest BCUT2D eigenvalue weighted by atomic mass is 9.79. The number of benzene rings is 15. The summed E-state index contributed by atoms with van der Waals surface area (Å²) in [5.74, 6) is 0. The van der Waals surface area contributed by atoms with Gasteiger partial charge in [0.2, 0.25) is 0 Å². The summed E-state index contributed by atoms with van der Waals surface area (Å²) in [5.41, 5.74) is 43.9. The molecule has 0 N–H and O–H groups in total. The van der Waals surface area contributed by atoms with Crippen LogP contribution in [0.3, 0.4) is 0 Å². The molecule has 15 aromatic rings. The van der Waals surface area contributed by atoms with Crippen LogP contribution in [-0.4, -0.2) is 0 Å². The SMILES string of the molecule is CC1(C)c2ccccc2-c2ccc(N(c3ccc(-c4ccc(-c5cccc(-c6ccc(N(c7ccc(-c8ccccc8)cc7)c7ccc8c(c7)C(C)(C)c7cc9c(cc7-8)C(C)(C)c7c(Cl)cc(Cl)cc7-9)cc6)c5)cc4)cc3)c3ccc(-c4cccc5c4-c4cc6c(cc4C5(C)C)-c4ccccc4C6(C)C)cc3)cc21. The first-order valence-corrected chi connectivity index (χ1v) is 39.2. The number of hydrogen-bond donors (Lipinski definition) is 0. The van der Waals surface area contributed by atoms with Gasteiger partial charge in [-0.15, -0.1) is 0 Å². The van der Waals surface area contributed by atoms with Crippen molar-refractivity contribution in [3.63, 3.8) is 0 Å². The minimum absolute atomic E-state index is 0.0916. The Bertz CT molecular complexity index is 6290. The zero-order chi connectivity index (χ0) is 74.4. The zero-order valence-electron chi connectivity index (χ0n) is 63.2. The highest BCUT2D eigenvalue weighted by molar-refractivity contribution is 6.36. The third-order valence-corrected chi connectivity index (χ3v) is 26.1. The van der Waals surface area contributed by atoms with E-state index in [-0.39, 0.29) is 27.1 Å². The molecule has 0 unspecified atom stereocenters. The highest BCUT2D eigenvalue weighted by Gasteiger charge is 2.45. The van der Waals surface area contributed by atoms with Gasteiger partial charge in [0, 0.05) is 71.2 Å². The van der Waals surface area contributed by atoms with E-state index in [1.807, 2.05) is 6.07 Å². The fraction of sp³-hybridized carbons (Fsp3) is 0.143. The van der Waals surface area contributed by atoms with Gasteiger partial charge in [0.1, 0.15) is 0 Å². The van der Waals surface area contributed by atoms with E-state index < -0.39 is 0 Å². The number of anilines is 6. The summed E-state index contributed by atoms with van der Waals surface area (Å²) in [6.07, 6.45) is 0. The van der Waals surface area contributed by atoms with E-state index in [0.717, 1.165) is 67.0 Å². The minimum atomic E-state index is -0.282. The molecule has 5 aliphatic carbocycles. The minimum Gasteiger partial charge on any atom is -0.310 e. The monoisotopic (exact) mass is 1440 g/mol. The number of fused-ring (bicyclic) bond motifs is 15. The topological polar surface area (TPSA) is 6.48 Å². The maximum Gasteiger partial charge on any atom is 0.0467 e. The van der Waals surface area contributed by atoms with Crippen LogP contribution in [0.15, 0.2) is 315 Å². The van der Waals surface area contributed by atoms with Crippen molar-refractivity contribution in [2.45, 2.75) is 96.3 Å². The van der Waals surface area contributed by atoms with E-state index in [1.54, 1.807) is 0 Å². The van der Waals surface area contributed by atoms with E-state index in [2.05, 4.69) is 388 Å². The molecule has 0 saturated carbocycles. The van der Waals surface area contributed by atoms with Gasteiger partial charge >= 0.3 is 0 Å². The van der Waals surface area contributed by atoms with Crippen molar-refractivity contribution in [3.8, 4) is 111 Å². The molecule has 0 aliphatic heterocycles. The van der Waals surface area contributed by atoms with Crippen LogP contribution in [-0.2, 0) is 27.1 Å². The Labute approximate surface area is 651 Å². The van der Waals surface area contributed by atoms with Crippen molar-refractivity contribution >= 4 is 57.3 Å². The van der Waals surface area contributed by atoms with Gasteiger partial charge in [-0.2, -0.15) is 0 Å². The molecule has 526 valence electrons. The van der Waals surface area contributed by atoms with Crippen LogP contribution < -0.4 is 9.80 Å². The molecule has 0 amide bonds. The Morgan fingerprint density at radius 2 is 0.505 bits per heavy atom. The van der Waals surface area contributed by atoms with E-state index in [4.69, 9.17) is 23.2 Å². The van der Waals surface area contributed by atoms with Crippen LogP contribution in [0.1, 0.15) is 125 Å². The first-order chi connectivity index (χ1) is 52.6. The van der Waals surface area contributed by atoms with Crippen molar-refractivity contribution in [2.75, 3.05) is 9.80 Å². The normalized spacial score (nSPS) is 15.2. The molecule has 0 spiro atoms. The predicted octanol–water partition coefficient (Wildman–Crippen LogP) is 29.8. The summed E-state index contributed by atoms with van der Waals surface area (Å²) in [6.45, 7) is 23.7. The molecule has 2 nitrogen and oxygen atoms in total. The second kappa shape index (κ2) is 24.2. The van der Waals surface area contributed by atoms with Crippen LogP contribution in [0.5, 0.6) is 0 Å². The lowest BCUT2D eigenvalue weighted by Gasteiger charge is -2.28. The third-order valence-electron chi connectivity index (χ3n) is 25.6. The number of hydrogen-bond acceptors (Lipinski definition) is 2.